The molecule has 0 bridgehead atoms. The zero-order chi connectivity index (χ0) is 10.8. The lowest BCUT2D eigenvalue weighted by Gasteiger charge is -2.14. The van der Waals surface area contributed by atoms with Gasteiger partial charge in [-0.15, -0.1) is 0 Å². The Balaban J connectivity index is 2.50. The van der Waals surface area contributed by atoms with Crippen LogP contribution in [0.3, 0.4) is 0 Å². The molecule has 2 N–H and O–H groups in total. The summed E-state index contributed by atoms with van der Waals surface area (Å²) in [4.78, 5) is 0. The average Bonchev–Trinajstić information content (AvgIpc) is 2.41. The first kappa shape index (κ1) is 10.8. The highest BCUT2D eigenvalue weighted by Gasteiger charge is 2.19. The highest BCUT2D eigenvalue weighted by molar-refractivity contribution is 9.10. The predicted octanol–water partition coefficient (Wildman–Crippen LogP) is 2.63. The lowest BCUT2D eigenvalue weighted by Crippen LogP contribution is -2.09. The fourth-order valence-corrected chi connectivity index (χ4v) is 2.34. The van der Waals surface area contributed by atoms with Gasteiger partial charge >= 0.3 is 0 Å². The van der Waals surface area contributed by atoms with Gasteiger partial charge in [-0.1, -0.05) is 0 Å². The molecule has 0 spiro atoms. The number of fused-ring (bicyclic) bond motifs is 1. The second-order valence-corrected chi connectivity index (χ2v) is 4.48. The van der Waals surface area contributed by atoms with Crippen molar-refractivity contribution in [1.29, 1.82) is 0 Å². The SMILES string of the molecule is COc1cc(Br)c2c(c1)C(N)CCCO2. The van der Waals surface area contributed by atoms with E-state index in [1.54, 1.807) is 7.11 Å². The van der Waals surface area contributed by atoms with Gasteiger partial charge < -0.3 is 15.2 Å². The van der Waals surface area contributed by atoms with E-state index in [9.17, 15) is 0 Å². The van der Waals surface area contributed by atoms with Gasteiger partial charge in [0.1, 0.15) is 11.5 Å². The van der Waals surface area contributed by atoms with Crippen LogP contribution in [-0.2, 0) is 0 Å². The average molecular weight is 272 g/mol. The zero-order valence-corrected chi connectivity index (χ0v) is 10.2. The van der Waals surface area contributed by atoms with E-state index in [0.717, 1.165) is 41.0 Å². The van der Waals surface area contributed by atoms with Gasteiger partial charge in [-0.25, -0.2) is 0 Å². The third-order valence-electron chi connectivity index (χ3n) is 2.59. The van der Waals surface area contributed by atoms with Crippen molar-refractivity contribution in [3.8, 4) is 11.5 Å². The van der Waals surface area contributed by atoms with Crippen LogP contribution in [0.1, 0.15) is 24.4 Å². The minimum Gasteiger partial charge on any atom is -0.497 e. The lowest BCUT2D eigenvalue weighted by atomic mass is 10.0. The van der Waals surface area contributed by atoms with E-state index in [1.807, 2.05) is 12.1 Å². The van der Waals surface area contributed by atoms with E-state index < -0.39 is 0 Å². The van der Waals surface area contributed by atoms with Gasteiger partial charge in [-0.2, -0.15) is 0 Å². The minimum atomic E-state index is 0.0360. The van der Waals surface area contributed by atoms with Crippen LogP contribution in [0.25, 0.3) is 0 Å². The molecule has 0 fully saturated rings. The predicted molar refractivity (Wildman–Crippen MR) is 62.4 cm³/mol. The molecule has 3 nitrogen and oxygen atoms in total. The van der Waals surface area contributed by atoms with Crippen molar-refractivity contribution in [2.24, 2.45) is 5.73 Å². The van der Waals surface area contributed by atoms with E-state index in [2.05, 4.69) is 15.9 Å². The second-order valence-electron chi connectivity index (χ2n) is 3.62. The van der Waals surface area contributed by atoms with E-state index in [4.69, 9.17) is 15.2 Å². The quantitative estimate of drug-likeness (QED) is 0.854. The maximum Gasteiger partial charge on any atom is 0.138 e. The molecule has 1 aliphatic heterocycles. The Hall–Kier alpha value is -0.740. The summed E-state index contributed by atoms with van der Waals surface area (Å²) in [6.07, 6.45) is 1.94. The summed E-state index contributed by atoms with van der Waals surface area (Å²) in [5.41, 5.74) is 7.11. The Labute approximate surface area is 97.7 Å². The molecule has 1 heterocycles. The topological polar surface area (TPSA) is 44.5 Å². The number of hydrogen-bond acceptors (Lipinski definition) is 3. The van der Waals surface area contributed by atoms with Gasteiger partial charge in [0.15, 0.2) is 0 Å². The summed E-state index contributed by atoms with van der Waals surface area (Å²) in [6.45, 7) is 0.728. The third-order valence-corrected chi connectivity index (χ3v) is 3.18. The molecule has 1 unspecified atom stereocenters. The third kappa shape index (κ3) is 2.11. The Morgan fingerprint density at radius 3 is 3.07 bits per heavy atom. The summed E-state index contributed by atoms with van der Waals surface area (Å²) < 4.78 is 11.8. The van der Waals surface area contributed by atoms with Crippen LogP contribution in [0, 0.1) is 0 Å². The summed E-state index contributed by atoms with van der Waals surface area (Å²) >= 11 is 3.48. The number of rotatable bonds is 1. The van der Waals surface area contributed by atoms with Gasteiger partial charge in [0.05, 0.1) is 18.2 Å². The fraction of sp³-hybridized carbons (Fsp3) is 0.455. The van der Waals surface area contributed by atoms with Crippen molar-refractivity contribution in [3.05, 3.63) is 22.2 Å². The Morgan fingerprint density at radius 2 is 2.33 bits per heavy atom. The molecule has 4 heteroatoms. The van der Waals surface area contributed by atoms with Crippen LogP contribution in [-0.4, -0.2) is 13.7 Å². The fourth-order valence-electron chi connectivity index (χ4n) is 1.77. The number of methoxy groups -OCH3 is 1. The van der Waals surface area contributed by atoms with Crippen molar-refractivity contribution in [3.63, 3.8) is 0 Å². The largest absolute Gasteiger partial charge is 0.497 e. The molecular weight excluding hydrogens is 258 g/mol. The van der Waals surface area contributed by atoms with Crippen molar-refractivity contribution in [1.82, 2.24) is 0 Å². The van der Waals surface area contributed by atoms with E-state index in [0.29, 0.717) is 0 Å². The molecule has 2 rings (SSSR count). The molecule has 1 aromatic rings. The first-order valence-corrected chi connectivity index (χ1v) is 5.77. The van der Waals surface area contributed by atoms with Crippen LogP contribution in [0.2, 0.25) is 0 Å². The van der Waals surface area contributed by atoms with Gasteiger partial charge in [0, 0.05) is 11.6 Å². The molecule has 0 aliphatic carbocycles. The van der Waals surface area contributed by atoms with Crippen molar-refractivity contribution in [2.75, 3.05) is 13.7 Å². The maximum atomic E-state index is 6.08. The summed E-state index contributed by atoms with van der Waals surface area (Å²) in [5.74, 6) is 1.67. The number of hydrogen-bond donors (Lipinski definition) is 1. The molecule has 1 aromatic carbocycles. The molecule has 1 atom stereocenters. The number of nitrogens with two attached hydrogens (primary N) is 1. The standard InChI is InChI=1S/C11H14BrNO2/c1-14-7-5-8-10(13)3-2-4-15-11(8)9(12)6-7/h5-6,10H,2-4,13H2,1H3. The van der Waals surface area contributed by atoms with Crippen molar-refractivity contribution < 1.29 is 9.47 Å². The molecule has 0 amide bonds. The van der Waals surface area contributed by atoms with Crippen LogP contribution < -0.4 is 15.2 Å². The molecule has 15 heavy (non-hydrogen) atoms. The van der Waals surface area contributed by atoms with Gasteiger partial charge in [-0.3, -0.25) is 0 Å². The molecule has 82 valence electrons. The smallest absolute Gasteiger partial charge is 0.138 e. The summed E-state index contributed by atoms with van der Waals surface area (Å²) in [7, 11) is 1.65. The van der Waals surface area contributed by atoms with Crippen LogP contribution >= 0.6 is 15.9 Å². The van der Waals surface area contributed by atoms with Crippen LogP contribution in [0.15, 0.2) is 16.6 Å². The van der Waals surface area contributed by atoms with Crippen LogP contribution in [0.5, 0.6) is 11.5 Å². The zero-order valence-electron chi connectivity index (χ0n) is 8.63. The summed E-state index contributed by atoms with van der Waals surface area (Å²) in [5, 5.41) is 0. The van der Waals surface area contributed by atoms with Crippen molar-refractivity contribution >= 4 is 15.9 Å². The number of benzene rings is 1. The highest BCUT2D eigenvalue weighted by Crippen LogP contribution is 2.39. The van der Waals surface area contributed by atoms with E-state index in [-0.39, 0.29) is 6.04 Å². The van der Waals surface area contributed by atoms with E-state index >= 15 is 0 Å². The normalized spacial score (nSPS) is 20.1. The molecule has 1 aliphatic rings. The van der Waals surface area contributed by atoms with E-state index in [1.165, 1.54) is 0 Å². The van der Waals surface area contributed by atoms with Crippen LogP contribution in [0.4, 0.5) is 0 Å². The van der Waals surface area contributed by atoms with Crippen molar-refractivity contribution in [2.45, 2.75) is 18.9 Å². The monoisotopic (exact) mass is 271 g/mol. The first-order valence-electron chi connectivity index (χ1n) is 4.98. The highest BCUT2D eigenvalue weighted by atomic mass is 79.9. The van der Waals surface area contributed by atoms with Gasteiger partial charge in [0.2, 0.25) is 0 Å². The Kier molecular flexibility index (Phi) is 3.17. The Morgan fingerprint density at radius 1 is 1.53 bits per heavy atom. The number of ether oxygens (including phenoxy) is 2. The minimum absolute atomic E-state index is 0.0360. The lowest BCUT2D eigenvalue weighted by molar-refractivity contribution is 0.313. The molecule has 0 saturated carbocycles. The maximum absolute atomic E-state index is 6.08. The number of halogens is 1. The van der Waals surface area contributed by atoms with Gasteiger partial charge in [-0.05, 0) is 40.9 Å². The molecular formula is C11H14BrNO2. The molecule has 0 radical (unpaired) electrons. The molecule has 0 saturated heterocycles. The first-order chi connectivity index (χ1) is 7.22. The molecule has 0 aromatic heterocycles. The van der Waals surface area contributed by atoms with Gasteiger partial charge in [0.25, 0.3) is 0 Å². The Bertz CT molecular complexity index is 368. The summed E-state index contributed by atoms with van der Waals surface area (Å²) in [6, 6.07) is 3.89. The second kappa shape index (κ2) is 4.41.